The average molecular weight is 563 g/mol. The topological polar surface area (TPSA) is 82.8 Å². The largest absolute Gasteiger partial charge is 0.463 e. The second-order valence-electron chi connectivity index (χ2n) is 10.9. The highest BCUT2D eigenvalue weighted by molar-refractivity contribution is 5.83. The van der Waals surface area contributed by atoms with Crippen LogP contribution < -0.4 is 14.9 Å². The van der Waals surface area contributed by atoms with E-state index in [1.54, 1.807) is 42.5 Å². The van der Waals surface area contributed by atoms with Gasteiger partial charge in [0, 0.05) is 18.9 Å². The van der Waals surface area contributed by atoms with Crippen LogP contribution in [0.15, 0.2) is 57.9 Å². The number of carbonyl (C=O) groups excluding carboxylic acids is 2. The lowest BCUT2D eigenvalue weighted by Gasteiger charge is -2.08. The molecule has 1 aromatic heterocycles. The molecule has 0 saturated carbocycles. The van der Waals surface area contributed by atoms with Gasteiger partial charge in [-0.05, 0) is 42.7 Å². The fraction of sp³-hybridized carbons (Fsp3) is 0.514. The lowest BCUT2D eigenvalue weighted by molar-refractivity contribution is -0.135. The molecule has 0 unspecified atom stereocenters. The summed E-state index contributed by atoms with van der Waals surface area (Å²) in [5.74, 6) is 0.300. The van der Waals surface area contributed by atoms with Crippen molar-refractivity contribution in [1.29, 1.82) is 0 Å². The molecule has 0 bridgehead atoms. The minimum Gasteiger partial charge on any atom is -0.463 e. The number of unbranched alkanes of at least 4 members (excludes halogenated alkanes) is 12. The third-order valence-electron chi connectivity index (χ3n) is 7.34. The van der Waals surface area contributed by atoms with Gasteiger partial charge in [0.1, 0.15) is 23.3 Å². The molecule has 0 fully saturated rings. The van der Waals surface area contributed by atoms with E-state index in [1.807, 2.05) is 0 Å². The van der Waals surface area contributed by atoms with Crippen molar-refractivity contribution in [2.24, 2.45) is 0 Å². The van der Waals surface area contributed by atoms with Gasteiger partial charge in [-0.1, -0.05) is 103 Å². The lowest BCUT2D eigenvalue weighted by atomic mass is 10.1. The zero-order chi connectivity index (χ0) is 29.3. The summed E-state index contributed by atoms with van der Waals surface area (Å²) in [5, 5.41) is 0.402. The summed E-state index contributed by atoms with van der Waals surface area (Å²) < 4.78 is 16.7. The Balaban J connectivity index is 1.49. The Morgan fingerprint density at radius 3 is 1.68 bits per heavy atom. The molecule has 0 spiro atoms. The number of carbonyl (C=O) groups is 2. The van der Waals surface area contributed by atoms with Crippen molar-refractivity contribution in [3.63, 3.8) is 0 Å². The Hall–Kier alpha value is -3.41. The van der Waals surface area contributed by atoms with Crippen LogP contribution in [0.1, 0.15) is 117 Å². The molecule has 0 aliphatic rings. The lowest BCUT2D eigenvalue weighted by Crippen LogP contribution is -2.09. The molecule has 222 valence electrons. The third-order valence-corrected chi connectivity index (χ3v) is 7.34. The third kappa shape index (κ3) is 11.2. The maximum absolute atomic E-state index is 13.2. The molecule has 0 amide bonds. The minimum atomic E-state index is -0.278. The van der Waals surface area contributed by atoms with Gasteiger partial charge in [0.2, 0.25) is 0 Å². The number of rotatable bonds is 19. The first-order chi connectivity index (χ1) is 20.0. The Kier molecular flexibility index (Phi) is 14.2. The number of ether oxygens (including phenoxy) is 2. The predicted molar refractivity (Wildman–Crippen MR) is 164 cm³/mol. The molecule has 0 N–H and O–H groups in total. The van der Waals surface area contributed by atoms with Crippen molar-refractivity contribution in [2.75, 3.05) is 0 Å². The van der Waals surface area contributed by atoms with E-state index in [0.717, 1.165) is 38.5 Å². The van der Waals surface area contributed by atoms with Gasteiger partial charge in [-0.3, -0.25) is 14.4 Å². The van der Waals surface area contributed by atoms with E-state index in [0.29, 0.717) is 46.4 Å². The monoisotopic (exact) mass is 562 g/mol. The zero-order valence-electron chi connectivity index (χ0n) is 24.9. The summed E-state index contributed by atoms with van der Waals surface area (Å²) >= 11 is 0. The standard InChI is InChI=1S/C35H46O6/c1-3-5-7-9-11-13-15-17-33(36)40-28-21-19-27(20-22-28)31-26-39-32-25-29(23-24-30(32)35(31)38)41-34(37)18-16-14-12-10-8-6-4-2/h19-26H,3-18H2,1-2H3. The predicted octanol–water partition coefficient (Wildman–Crippen LogP) is 9.55. The summed E-state index contributed by atoms with van der Waals surface area (Å²) in [6.45, 7) is 4.40. The van der Waals surface area contributed by atoms with Crippen molar-refractivity contribution in [2.45, 2.75) is 117 Å². The molecule has 41 heavy (non-hydrogen) atoms. The molecular formula is C35H46O6. The zero-order valence-corrected chi connectivity index (χ0v) is 24.9. The van der Waals surface area contributed by atoms with Gasteiger partial charge in [0.05, 0.1) is 10.9 Å². The van der Waals surface area contributed by atoms with Gasteiger partial charge >= 0.3 is 11.9 Å². The van der Waals surface area contributed by atoms with Gasteiger partial charge < -0.3 is 13.9 Å². The average Bonchev–Trinajstić information content (AvgIpc) is 2.97. The van der Waals surface area contributed by atoms with Crippen LogP contribution in [0.3, 0.4) is 0 Å². The van der Waals surface area contributed by atoms with Gasteiger partial charge in [-0.25, -0.2) is 0 Å². The summed E-state index contributed by atoms with van der Waals surface area (Å²) in [5.41, 5.74) is 1.24. The van der Waals surface area contributed by atoms with E-state index in [9.17, 15) is 14.4 Å². The molecular weight excluding hydrogens is 516 g/mol. The molecule has 0 aliphatic carbocycles. The molecule has 2 aromatic carbocycles. The first kappa shape index (κ1) is 32.1. The second kappa shape index (κ2) is 18.1. The Labute approximate surface area is 244 Å². The summed E-state index contributed by atoms with van der Waals surface area (Å²) in [4.78, 5) is 37.6. The quantitative estimate of drug-likeness (QED) is 0.0822. The van der Waals surface area contributed by atoms with E-state index in [2.05, 4.69) is 13.8 Å². The number of fused-ring (bicyclic) bond motifs is 1. The van der Waals surface area contributed by atoms with Crippen LogP contribution in [0.25, 0.3) is 22.1 Å². The number of hydrogen-bond donors (Lipinski definition) is 0. The first-order valence-corrected chi connectivity index (χ1v) is 15.6. The van der Waals surface area contributed by atoms with E-state index in [1.165, 1.54) is 57.6 Å². The molecule has 0 saturated heterocycles. The SMILES string of the molecule is CCCCCCCCCC(=O)Oc1ccc(-c2coc3cc(OC(=O)CCCCCCCCC)ccc3c2=O)cc1. The van der Waals surface area contributed by atoms with Gasteiger partial charge in [-0.2, -0.15) is 0 Å². The van der Waals surface area contributed by atoms with Gasteiger partial charge in [0.25, 0.3) is 0 Å². The fourth-order valence-corrected chi connectivity index (χ4v) is 4.89. The second-order valence-corrected chi connectivity index (χ2v) is 10.9. The Morgan fingerprint density at radius 2 is 1.12 bits per heavy atom. The number of benzene rings is 2. The van der Waals surface area contributed by atoms with Crippen LogP contribution in [0.5, 0.6) is 11.5 Å². The van der Waals surface area contributed by atoms with Crippen molar-refractivity contribution < 1.29 is 23.5 Å². The maximum Gasteiger partial charge on any atom is 0.311 e. The first-order valence-electron chi connectivity index (χ1n) is 15.6. The number of hydrogen-bond acceptors (Lipinski definition) is 6. The minimum absolute atomic E-state index is 0.184. The van der Waals surface area contributed by atoms with Crippen LogP contribution in [-0.2, 0) is 9.59 Å². The molecule has 3 aromatic rings. The number of esters is 2. The Morgan fingerprint density at radius 1 is 0.634 bits per heavy atom. The highest BCUT2D eigenvalue weighted by atomic mass is 16.5. The van der Waals surface area contributed by atoms with Gasteiger partial charge in [-0.15, -0.1) is 0 Å². The van der Waals surface area contributed by atoms with Crippen LogP contribution in [0.4, 0.5) is 0 Å². The molecule has 6 nitrogen and oxygen atoms in total. The molecule has 1 heterocycles. The summed E-state index contributed by atoms with van der Waals surface area (Å²) in [7, 11) is 0. The van der Waals surface area contributed by atoms with E-state index < -0.39 is 0 Å². The van der Waals surface area contributed by atoms with E-state index in [4.69, 9.17) is 13.9 Å². The fourth-order valence-electron chi connectivity index (χ4n) is 4.89. The summed E-state index contributed by atoms with van der Waals surface area (Å²) in [6.07, 6.45) is 18.2. The van der Waals surface area contributed by atoms with E-state index >= 15 is 0 Å². The highest BCUT2D eigenvalue weighted by Gasteiger charge is 2.13. The molecule has 0 aliphatic heterocycles. The molecule has 6 heteroatoms. The molecule has 0 atom stereocenters. The van der Waals surface area contributed by atoms with Crippen LogP contribution in [0.2, 0.25) is 0 Å². The van der Waals surface area contributed by atoms with Crippen molar-refractivity contribution in [3.05, 3.63) is 59.0 Å². The molecule has 3 rings (SSSR count). The normalized spacial score (nSPS) is 11.1. The smallest absolute Gasteiger partial charge is 0.311 e. The van der Waals surface area contributed by atoms with Crippen LogP contribution in [-0.4, -0.2) is 11.9 Å². The molecule has 0 radical (unpaired) electrons. The van der Waals surface area contributed by atoms with Crippen molar-refractivity contribution in [3.8, 4) is 22.6 Å². The van der Waals surface area contributed by atoms with E-state index in [-0.39, 0.29) is 17.4 Å². The van der Waals surface area contributed by atoms with Crippen molar-refractivity contribution in [1.82, 2.24) is 0 Å². The van der Waals surface area contributed by atoms with Crippen LogP contribution in [0, 0.1) is 0 Å². The van der Waals surface area contributed by atoms with Crippen LogP contribution >= 0.6 is 0 Å². The Bertz CT molecular complexity index is 1270. The van der Waals surface area contributed by atoms with Crippen molar-refractivity contribution >= 4 is 22.9 Å². The maximum atomic E-state index is 13.2. The van der Waals surface area contributed by atoms with Gasteiger partial charge in [0.15, 0.2) is 5.43 Å². The summed E-state index contributed by atoms with van der Waals surface area (Å²) in [6, 6.07) is 11.7. The highest BCUT2D eigenvalue weighted by Crippen LogP contribution is 2.25.